The minimum Gasteiger partial charge on any atom is -0.497 e. The van der Waals surface area contributed by atoms with Crippen LogP contribution in [-0.4, -0.2) is 12.1 Å². The fourth-order valence-electron chi connectivity index (χ4n) is 2.41. The molecular weight excluding hydrogens is 333 g/mol. The van der Waals surface area contributed by atoms with Gasteiger partial charge >= 0.3 is 6.18 Å². The number of aromatic nitrogens is 1. The molecule has 1 aromatic heterocycles. The maximum atomic E-state index is 12.7. The van der Waals surface area contributed by atoms with Gasteiger partial charge < -0.3 is 15.2 Å². The summed E-state index contributed by atoms with van der Waals surface area (Å²) >= 11 is 0. The minimum absolute atomic E-state index is 0.0293. The van der Waals surface area contributed by atoms with E-state index >= 15 is 0 Å². The molecule has 0 atom stereocenters. The molecular formula is C18H15F3N2O2. The molecule has 3 aromatic rings. The van der Waals surface area contributed by atoms with Gasteiger partial charge in [-0.1, -0.05) is 12.1 Å². The van der Waals surface area contributed by atoms with E-state index in [4.69, 9.17) is 15.2 Å². The number of pyridine rings is 1. The Bertz CT molecular complexity index is 910. The third-order valence-electron chi connectivity index (χ3n) is 3.65. The molecule has 2 aromatic carbocycles. The average Bonchev–Trinajstić information content (AvgIpc) is 2.59. The van der Waals surface area contributed by atoms with E-state index in [2.05, 4.69) is 4.98 Å². The number of hydrogen-bond donors (Lipinski definition) is 1. The van der Waals surface area contributed by atoms with Gasteiger partial charge in [-0.05, 0) is 29.8 Å². The highest BCUT2D eigenvalue weighted by atomic mass is 19.4. The Morgan fingerprint density at radius 1 is 1.08 bits per heavy atom. The third kappa shape index (κ3) is 3.76. The summed E-state index contributed by atoms with van der Waals surface area (Å²) < 4.78 is 48.9. The molecule has 0 spiro atoms. The van der Waals surface area contributed by atoms with Crippen molar-refractivity contribution >= 4 is 16.6 Å². The second-order valence-electron chi connectivity index (χ2n) is 5.42. The molecule has 25 heavy (non-hydrogen) atoms. The zero-order valence-corrected chi connectivity index (χ0v) is 13.3. The monoisotopic (exact) mass is 348 g/mol. The number of fused-ring (bicyclic) bond motifs is 1. The lowest BCUT2D eigenvalue weighted by Crippen LogP contribution is -2.06. The van der Waals surface area contributed by atoms with Crippen molar-refractivity contribution in [3.05, 3.63) is 59.7 Å². The molecule has 4 nitrogen and oxygen atoms in total. The van der Waals surface area contributed by atoms with Crippen molar-refractivity contribution < 1.29 is 22.6 Å². The van der Waals surface area contributed by atoms with Crippen molar-refractivity contribution in [1.82, 2.24) is 4.98 Å². The highest BCUT2D eigenvalue weighted by Gasteiger charge is 2.30. The van der Waals surface area contributed by atoms with Crippen LogP contribution in [0, 0.1) is 0 Å². The first-order valence-electron chi connectivity index (χ1n) is 7.40. The molecule has 0 unspecified atom stereocenters. The standard InChI is InChI=1S/C18H15F3N2O2/c1-24-14-8-12-5-6-16(23-17(12)15(22)9-14)25-10-11-3-2-4-13(7-11)18(19,20)21/h2-9H,10,22H2,1H3. The van der Waals surface area contributed by atoms with Crippen molar-refractivity contribution in [3.63, 3.8) is 0 Å². The van der Waals surface area contributed by atoms with Crippen LogP contribution in [0.5, 0.6) is 11.6 Å². The number of rotatable bonds is 4. The number of ether oxygens (including phenoxy) is 2. The number of alkyl halides is 3. The molecule has 0 fully saturated rings. The zero-order valence-electron chi connectivity index (χ0n) is 13.3. The molecule has 0 saturated carbocycles. The first-order chi connectivity index (χ1) is 11.9. The fraction of sp³-hybridized carbons (Fsp3) is 0.167. The molecule has 2 N–H and O–H groups in total. The Kier molecular flexibility index (Phi) is 4.39. The molecule has 0 radical (unpaired) electrons. The lowest BCUT2D eigenvalue weighted by molar-refractivity contribution is -0.137. The van der Waals surface area contributed by atoms with Crippen LogP contribution in [0.15, 0.2) is 48.5 Å². The van der Waals surface area contributed by atoms with Gasteiger partial charge in [-0.2, -0.15) is 13.2 Å². The maximum Gasteiger partial charge on any atom is 0.416 e. The topological polar surface area (TPSA) is 57.4 Å². The van der Waals surface area contributed by atoms with Gasteiger partial charge in [0.1, 0.15) is 12.4 Å². The number of benzene rings is 2. The summed E-state index contributed by atoms with van der Waals surface area (Å²) in [6.45, 7) is -0.0293. The molecule has 0 aliphatic heterocycles. The number of nitrogen functional groups attached to an aromatic ring is 1. The van der Waals surface area contributed by atoms with Gasteiger partial charge in [-0.15, -0.1) is 0 Å². The summed E-state index contributed by atoms with van der Waals surface area (Å²) in [5, 5.41) is 0.781. The average molecular weight is 348 g/mol. The van der Waals surface area contributed by atoms with Crippen molar-refractivity contribution in [1.29, 1.82) is 0 Å². The second kappa shape index (κ2) is 6.51. The fourth-order valence-corrected chi connectivity index (χ4v) is 2.41. The predicted octanol–water partition coefficient (Wildman–Crippen LogP) is 4.42. The number of hydrogen-bond acceptors (Lipinski definition) is 4. The van der Waals surface area contributed by atoms with Crippen LogP contribution in [0.3, 0.4) is 0 Å². The lowest BCUT2D eigenvalue weighted by atomic mass is 10.1. The molecule has 0 amide bonds. The van der Waals surface area contributed by atoms with E-state index in [-0.39, 0.29) is 12.5 Å². The van der Waals surface area contributed by atoms with Crippen molar-refractivity contribution in [3.8, 4) is 11.6 Å². The van der Waals surface area contributed by atoms with E-state index in [0.717, 1.165) is 17.5 Å². The van der Waals surface area contributed by atoms with Gasteiger partial charge in [0.05, 0.1) is 23.9 Å². The number of nitrogens with two attached hydrogens (primary N) is 1. The summed E-state index contributed by atoms with van der Waals surface area (Å²) in [5.74, 6) is 0.895. The van der Waals surface area contributed by atoms with Crippen LogP contribution < -0.4 is 15.2 Å². The zero-order chi connectivity index (χ0) is 18.0. The largest absolute Gasteiger partial charge is 0.497 e. The second-order valence-corrected chi connectivity index (χ2v) is 5.42. The van der Waals surface area contributed by atoms with E-state index in [1.807, 2.05) is 0 Å². The summed E-state index contributed by atoms with van der Waals surface area (Å²) in [6.07, 6.45) is -4.38. The van der Waals surface area contributed by atoms with Crippen molar-refractivity contribution in [2.75, 3.05) is 12.8 Å². The number of methoxy groups -OCH3 is 1. The Balaban J connectivity index is 1.81. The molecule has 0 aliphatic carbocycles. The van der Waals surface area contributed by atoms with Crippen LogP contribution >= 0.6 is 0 Å². The van der Waals surface area contributed by atoms with E-state index < -0.39 is 11.7 Å². The molecule has 1 heterocycles. The molecule has 130 valence electrons. The Labute approximate surface area is 142 Å². The Morgan fingerprint density at radius 2 is 1.88 bits per heavy atom. The highest BCUT2D eigenvalue weighted by molar-refractivity contribution is 5.91. The summed E-state index contributed by atoms with van der Waals surface area (Å²) in [6, 6.07) is 11.8. The lowest BCUT2D eigenvalue weighted by Gasteiger charge is -2.11. The Morgan fingerprint density at radius 3 is 2.60 bits per heavy atom. The van der Waals surface area contributed by atoms with Gasteiger partial charge in [0.15, 0.2) is 0 Å². The van der Waals surface area contributed by atoms with E-state index in [1.165, 1.54) is 6.07 Å². The van der Waals surface area contributed by atoms with Crippen LogP contribution in [0.25, 0.3) is 10.9 Å². The molecule has 7 heteroatoms. The molecule has 3 rings (SSSR count). The SMILES string of the molecule is COc1cc(N)c2nc(OCc3cccc(C(F)(F)F)c3)ccc2c1. The smallest absolute Gasteiger partial charge is 0.416 e. The van der Waals surface area contributed by atoms with Crippen molar-refractivity contribution in [2.24, 2.45) is 0 Å². The third-order valence-corrected chi connectivity index (χ3v) is 3.65. The summed E-state index contributed by atoms with van der Waals surface area (Å²) in [4.78, 5) is 4.31. The predicted molar refractivity (Wildman–Crippen MR) is 88.5 cm³/mol. The Hall–Kier alpha value is -2.96. The molecule has 0 aliphatic rings. The number of nitrogens with zero attached hydrogens (tertiary/aromatic N) is 1. The normalized spacial score (nSPS) is 11.5. The minimum atomic E-state index is -4.38. The number of halogens is 3. The van der Waals surface area contributed by atoms with Gasteiger partial charge in [0, 0.05) is 17.5 Å². The van der Waals surface area contributed by atoms with Gasteiger partial charge in [-0.3, -0.25) is 0 Å². The summed E-state index contributed by atoms with van der Waals surface area (Å²) in [7, 11) is 1.54. The van der Waals surface area contributed by atoms with Gasteiger partial charge in [-0.25, -0.2) is 4.98 Å². The van der Waals surface area contributed by atoms with Crippen LogP contribution in [0.1, 0.15) is 11.1 Å². The van der Waals surface area contributed by atoms with Crippen molar-refractivity contribution in [2.45, 2.75) is 12.8 Å². The first kappa shape index (κ1) is 16.9. The molecule has 0 bridgehead atoms. The van der Waals surface area contributed by atoms with Crippen LogP contribution in [0.4, 0.5) is 18.9 Å². The highest BCUT2D eigenvalue weighted by Crippen LogP contribution is 2.30. The number of anilines is 1. The van der Waals surface area contributed by atoms with Crippen LogP contribution in [0.2, 0.25) is 0 Å². The quantitative estimate of drug-likeness (QED) is 0.709. The van der Waals surface area contributed by atoms with E-state index in [0.29, 0.717) is 22.5 Å². The first-order valence-corrected chi connectivity index (χ1v) is 7.40. The van der Waals surface area contributed by atoms with Gasteiger partial charge in [0.25, 0.3) is 0 Å². The van der Waals surface area contributed by atoms with E-state index in [1.54, 1.807) is 37.4 Å². The summed E-state index contributed by atoms with van der Waals surface area (Å²) in [5.41, 5.74) is 6.62. The maximum absolute atomic E-state index is 12.7. The molecule has 0 saturated heterocycles. The van der Waals surface area contributed by atoms with Crippen LogP contribution in [-0.2, 0) is 12.8 Å². The van der Waals surface area contributed by atoms with Gasteiger partial charge in [0.2, 0.25) is 5.88 Å². The van der Waals surface area contributed by atoms with E-state index in [9.17, 15) is 13.2 Å².